The summed E-state index contributed by atoms with van der Waals surface area (Å²) in [4.78, 5) is 22.5. The van der Waals surface area contributed by atoms with Crippen LogP contribution in [0.4, 0.5) is 0 Å². The van der Waals surface area contributed by atoms with Crippen LogP contribution in [0.25, 0.3) is 0 Å². The van der Waals surface area contributed by atoms with E-state index in [9.17, 15) is 9.59 Å². The Kier molecular flexibility index (Phi) is 6.31. The smallest absolute Gasteiger partial charge is 0.303 e. The number of rotatable bonds is 6. The molecule has 18 heavy (non-hydrogen) atoms. The molecule has 0 saturated heterocycles. The fourth-order valence-corrected chi connectivity index (χ4v) is 4.23. The predicted molar refractivity (Wildman–Crippen MR) is 78.1 cm³/mol. The summed E-state index contributed by atoms with van der Waals surface area (Å²) in [6, 6.07) is 1.74. The molecule has 0 aliphatic rings. The van der Waals surface area contributed by atoms with E-state index in [-0.39, 0.29) is 18.2 Å². The van der Waals surface area contributed by atoms with Crippen molar-refractivity contribution >= 4 is 55.1 Å². The van der Waals surface area contributed by atoms with Gasteiger partial charge in [0, 0.05) is 13.0 Å². The molecule has 0 radical (unpaired) electrons. The first-order valence-electron chi connectivity index (χ1n) is 5.38. The van der Waals surface area contributed by atoms with Crippen LogP contribution in [-0.2, 0) is 4.79 Å². The molecule has 1 rings (SSSR count). The van der Waals surface area contributed by atoms with E-state index in [0.29, 0.717) is 12.1 Å². The average Bonchev–Trinajstić information content (AvgIpc) is 2.62. The van der Waals surface area contributed by atoms with Crippen LogP contribution >= 0.6 is 43.2 Å². The monoisotopic (exact) mass is 397 g/mol. The van der Waals surface area contributed by atoms with Crippen LogP contribution in [0.5, 0.6) is 0 Å². The molecule has 1 aromatic rings. The molecule has 1 atom stereocenters. The third-order valence-corrected chi connectivity index (χ3v) is 4.83. The van der Waals surface area contributed by atoms with Crippen molar-refractivity contribution in [2.24, 2.45) is 5.92 Å². The first kappa shape index (κ1) is 15.7. The maximum atomic E-state index is 11.9. The third-order valence-electron chi connectivity index (χ3n) is 2.49. The number of amides is 1. The second-order valence-corrected chi connectivity index (χ2v) is 7.57. The predicted octanol–water partition coefficient (Wildman–Crippen LogP) is 3.50. The fourth-order valence-electron chi connectivity index (χ4n) is 1.44. The molecule has 2 N–H and O–H groups in total. The van der Waals surface area contributed by atoms with Gasteiger partial charge in [0.2, 0.25) is 0 Å². The minimum absolute atomic E-state index is 0.0349. The Morgan fingerprint density at radius 2 is 2.17 bits per heavy atom. The van der Waals surface area contributed by atoms with Gasteiger partial charge in [-0.1, -0.05) is 13.3 Å². The minimum Gasteiger partial charge on any atom is -0.481 e. The lowest BCUT2D eigenvalue weighted by atomic mass is 10.0. The summed E-state index contributed by atoms with van der Waals surface area (Å²) in [5.74, 6) is -1.06. The van der Waals surface area contributed by atoms with Crippen molar-refractivity contribution in [1.82, 2.24) is 5.32 Å². The highest BCUT2D eigenvalue weighted by atomic mass is 79.9. The van der Waals surface area contributed by atoms with Gasteiger partial charge >= 0.3 is 5.97 Å². The van der Waals surface area contributed by atoms with Crippen LogP contribution in [0.3, 0.4) is 0 Å². The largest absolute Gasteiger partial charge is 0.481 e. The van der Waals surface area contributed by atoms with Crippen molar-refractivity contribution in [3.63, 3.8) is 0 Å². The molecule has 7 heteroatoms. The maximum absolute atomic E-state index is 11.9. The van der Waals surface area contributed by atoms with Crippen molar-refractivity contribution in [2.75, 3.05) is 6.54 Å². The Bertz CT molecular complexity index is 447. The lowest BCUT2D eigenvalue weighted by Crippen LogP contribution is -2.30. The van der Waals surface area contributed by atoms with Gasteiger partial charge in [-0.25, -0.2) is 0 Å². The highest BCUT2D eigenvalue weighted by molar-refractivity contribution is 9.12. The van der Waals surface area contributed by atoms with Crippen molar-refractivity contribution in [1.29, 1.82) is 0 Å². The molecule has 1 unspecified atom stereocenters. The quantitative estimate of drug-likeness (QED) is 0.770. The zero-order chi connectivity index (χ0) is 13.7. The van der Waals surface area contributed by atoms with Gasteiger partial charge in [-0.3, -0.25) is 9.59 Å². The Labute approximate surface area is 126 Å². The Hall–Kier alpha value is -0.400. The second-order valence-electron chi connectivity index (χ2n) is 3.82. The van der Waals surface area contributed by atoms with E-state index < -0.39 is 5.97 Å². The van der Waals surface area contributed by atoms with E-state index in [2.05, 4.69) is 37.2 Å². The Balaban J connectivity index is 2.55. The highest BCUT2D eigenvalue weighted by Crippen LogP contribution is 2.31. The maximum Gasteiger partial charge on any atom is 0.303 e. The molecule has 1 amide bonds. The summed E-state index contributed by atoms with van der Waals surface area (Å²) in [5, 5.41) is 11.5. The number of aliphatic carboxylic acids is 1. The molecular formula is C11H13Br2NO3S. The summed E-state index contributed by atoms with van der Waals surface area (Å²) < 4.78 is 1.63. The molecule has 0 aliphatic heterocycles. The lowest BCUT2D eigenvalue weighted by molar-refractivity contribution is -0.138. The fraction of sp³-hybridized carbons (Fsp3) is 0.455. The molecule has 0 spiro atoms. The standard InChI is InChI=1S/C11H13Br2NO3S/c1-2-6(3-9(15)16)5-14-11(17)7-4-8(12)18-10(7)13/h4,6H,2-3,5H2,1H3,(H,14,17)(H,15,16). The van der Waals surface area contributed by atoms with Crippen LogP contribution in [-0.4, -0.2) is 23.5 Å². The number of thiophene rings is 1. The van der Waals surface area contributed by atoms with Gasteiger partial charge in [0.1, 0.15) is 0 Å². The van der Waals surface area contributed by atoms with Gasteiger partial charge in [0.15, 0.2) is 0 Å². The average molecular weight is 399 g/mol. The van der Waals surface area contributed by atoms with Crippen LogP contribution in [0.1, 0.15) is 30.1 Å². The normalized spacial score (nSPS) is 12.2. The lowest BCUT2D eigenvalue weighted by Gasteiger charge is -2.13. The van der Waals surface area contributed by atoms with Gasteiger partial charge in [-0.15, -0.1) is 11.3 Å². The molecule has 0 aliphatic carbocycles. The summed E-state index contributed by atoms with van der Waals surface area (Å²) in [6.07, 6.45) is 0.798. The van der Waals surface area contributed by atoms with Crippen LogP contribution in [0.2, 0.25) is 0 Å². The number of carboxylic acid groups (broad SMARTS) is 1. The molecule has 0 saturated carbocycles. The van der Waals surface area contributed by atoms with Gasteiger partial charge < -0.3 is 10.4 Å². The summed E-state index contributed by atoms with van der Waals surface area (Å²) >= 11 is 8.05. The zero-order valence-corrected chi connectivity index (χ0v) is 13.7. The number of halogens is 2. The van der Waals surface area contributed by atoms with E-state index in [1.165, 1.54) is 11.3 Å². The molecule has 0 aromatic carbocycles. The van der Waals surface area contributed by atoms with Gasteiger partial charge in [-0.05, 0) is 43.8 Å². The van der Waals surface area contributed by atoms with Gasteiger partial charge in [-0.2, -0.15) is 0 Å². The number of carbonyl (C=O) groups is 2. The van der Waals surface area contributed by atoms with E-state index in [4.69, 9.17) is 5.11 Å². The Morgan fingerprint density at radius 1 is 1.50 bits per heavy atom. The number of nitrogens with one attached hydrogen (secondary N) is 1. The molecule has 1 aromatic heterocycles. The van der Waals surface area contributed by atoms with E-state index in [1.807, 2.05) is 6.92 Å². The summed E-state index contributed by atoms with van der Waals surface area (Å²) in [6.45, 7) is 2.29. The van der Waals surface area contributed by atoms with E-state index in [1.54, 1.807) is 6.07 Å². The number of hydrogen-bond donors (Lipinski definition) is 2. The summed E-state index contributed by atoms with van der Waals surface area (Å²) in [5.41, 5.74) is 0.567. The van der Waals surface area contributed by atoms with Crippen LogP contribution in [0, 0.1) is 5.92 Å². The third kappa shape index (κ3) is 4.70. The SMILES string of the molecule is CCC(CNC(=O)c1cc(Br)sc1Br)CC(=O)O. The van der Waals surface area contributed by atoms with Crippen LogP contribution in [0.15, 0.2) is 13.6 Å². The van der Waals surface area contributed by atoms with Crippen molar-refractivity contribution in [3.8, 4) is 0 Å². The van der Waals surface area contributed by atoms with E-state index in [0.717, 1.165) is 14.0 Å². The number of carboxylic acids is 1. The van der Waals surface area contributed by atoms with Gasteiger partial charge in [0.25, 0.3) is 5.91 Å². The van der Waals surface area contributed by atoms with Crippen molar-refractivity contribution < 1.29 is 14.7 Å². The molecule has 100 valence electrons. The Morgan fingerprint density at radius 3 is 2.61 bits per heavy atom. The van der Waals surface area contributed by atoms with Crippen molar-refractivity contribution in [2.45, 2.75) is 19.8 Å². The molecule has 4 nitrogen and oxygen atoms in total. The topological polar surface area (TPSA) is 66.4 Å². The molecular weight excluding hydrogens is 386 g/mol. The highest BCUT2D eigenvalue weighted by Gasteiger charge is 2.16. The first-order chi connectivity index (χ1) is 8.43. The summed E-state index contributed by atoms with van der Waals surface area (Å²) in [7, 11) is 0. The van der Waals surface area contributed by atoms with Gasteiger partial charge in [0.05, 0.1) is 13.1 Å². The second kappa shape index (κ2) is 7.25. The van der Waals surface area contributed by atoms with Crippen molar-refractivity contribution in [3.05, 3.63) is 19.2 Å². The molecule has 1 heterocycles. The zero-order valence-electron chi connectivity index (χ0n) is 9.70. The van der Waals surface area contributed by atoms with Crippen LogP contribution < -0.4 is 5.32 Å². The number of carbonyl (C=O) groups excluding carboxylic acids is 1. The minimum atomic E-state index is -0.837. The number of hydrogen-bond acceptors (Lipinski definition) is 3. The molecule has 0 fully saturated rings. The molecule has 0 bridgehead atoms. The van der Waals surface area contributed by atoms with E-state index >= 15 is 0 Å². The first-order valence-corrected chi connectivity index (χ1v) is 7.79.